The van der Waals surface area contributed by atoms with Crippen molar-refractivity contribution in [1.82, 2.24) is 9.78 Å². The molecule has 0 saturated carbocycles. The number of carbonyl (C=O) groups is 1. The molecule has 0 fully saturated rings. The zero-order chi connectivity index (χ0) is 20.5. The lowest BCUT2D eigenvalue weighted by Gasteiger charge is -2.23. The number of esters is 1. The Morgan fingerprint density at radius 2 is 1.86 bits per heavy atom. The average Bonchev–Trinajstić information content (AvgIpc) is 2.97. The van der Waals surface area contributed by atoms with E-state index < -0.39 is 24.2 Å². The van der Waals surface area contributed by atoms with Gasteiger partial charge in [-0.1, -0.05) is 41.9 Å². The number of fused-ring (bicyclic) bond motifs is 1. The quantitative estimate of drug-likeness (QED) is 0.522. The van der Waals surface area contributed by atoms with Crippen LogP contribution >= 0.6 is 11.6 Å². The summed E-state index contributed by atoms with van der Waals surface area (Å²) in [5, 5.41) is 6.02. The fraction of sp³-hybridized carbons (Fsp3) is 0.300. The normalized spacial score (nSPS) is 12.4. The van der Waals surface area contributed by atoms with Crippen molar-refractivity contribution in [2.45, 2.75) is 26.6 Å². The lowest BCUT2D eigenvalue weighted by Crippen LogP contribution is -2.34. The Balaban J connectivity index is 1.94. The number of hydrogen-bond donors (Lipinski definition) is 0. The SMILES string of the molecule is CC(C)(Cn1nc(-c2cccc(Cl)c2)c2ccccc21)C(=O)OCC(F)(F)F. The van der Waals surface area contributed by atoms with Crippen LogP contribution in [0.4, 0.5) is 13.2 Å². The van der Waals surface area contributed by atoms with Crippen LogP contribution in [0.2, 0.25) is 5.02 Å². The Kier molecular flexibility index (Phi) is 5.39. The van der Waals surface area contributed by atoms with E-state index in [0.29, 0.717) is 10.7 Å². The second-order valence-electron chi connectivity index (χ2n) is 7.11. The molecule has 4 nitrogen and oxygen atoms in total. The second kappa shape index (κ2) is 7.47. The summed E-state index contributed by atoms with van der Waals surface area (Å²) in [4.78, 5) is 12.2. The molecule has 0 spiro atoms. The highest BCUT2D eigenvalue weighted by molar-refractivity contribution is 6.30. The van der Waals surface area contributed by atoms with Crippen molar-refractivity contribution in [3.63, 3.8) is 0 Å². The molecule has 0 amide bonds. The third kappa shape index (κ3) is 4.47. The molecule has 0 unspecified atom stereocenters. The molecule has 2 aromatic carbocycles. The van der Waals surface area contributed by atoms with Gasteiger partial charge in [-0.25, -0.2) is 0 Å². The second-order valence-corrected chi connectivity index (χ2v) is 7.55. The molecule has 3 rings (SSSR count). The van der Waals surface area contributed by atoms with Crippen molar-refractivity contribution in [1.29, 1.82) is 0 Å². The molecule has 3 aromatic rings. The highest BCUT2D eigenvalue weighted by Crippen LogP contribution is 2.31. The molecular formula is C20H18ClF3N2O2. The van der Waals surface area contributed by atoms with Gasteiger partial charge < -0.3 is 4.74 Å². The number of rotatable bonds is 5. The van der Waals surface area contributed by atoms with Crippen molar-refractivity contribution in [3.05, 3.63) is 53.6 Å². The summed E-state index contributed by atoms with van der Waals surface area (Å²) in [6, 6.07) is 14.6. The summed E-state index contributed by atoms with van der Waals surface area (Å²) in [5.74, 6) is -0.936. The van der Waals surface area contributed by atoms with Gasteiger partial charge in [0.15, 0.2) is 6.61 Å². The number of para-hydroxylation sites is 1. The summed E-state index contributed by atoms with van der Waals surface area (Å²) in [7, 11) is 0. The van der Waals surface area contributed by atoms with Crippen LogP contribution in [0.5, 0.6) is 0 Å². The van der Waals surface area contributed by atoms with Crippen molar-refractivity contribution in [2.24, 2.45) is 5.41 Å². The molecule has 0 aliphatic carbocycles. The minimum Gasteiger partial charge on any atom is -0.456 e. The third-order valence-electron chi connectivity index (χ3n) is 4.22. The predicted octanol–water partition coefficient (Wildman–Crippen LogP) is 5.49. The first kappa shape index (κ1) is 20.2. The van der Waals surface area contributed by atoms with Crippen LogP contribution in [0.25, 0.3) is 22.2 Å². The van der Waals surface area contributed by atoms with Crippen molar-refractivity contribution >= 4 is 28.5 Å². The van der Waals surface area contributed by atoms with E-state index in [1.54, 1.807) is 16.8 Å². The van der Waals surface area contributed by atoms with Crippen LogP contribution < -0.4 is 0 Å². The number of halogens is 4. The van der Waals surface area contributed by atoms with E-state index in [4.69, 9.17) is 11.6 Å². The van der Waals surface area contributed by atoms with E-state index in [2.05, 4.69) is 9.84 Å². The highest BCUT2D eigenvalue weighted by atomic mass is 35.5. The van der Waals surface area contributed by atoms with Gasteiger partial charge >= 0.3 is 12.1 Å². The molecule has 0 radical (unpaired) electrons. The van der Waals surface area contributed by atoms with Crippen LogP contribution in [0.3, 0.4) is 0 Å². The first-order chi connectivity index (χ1) is 13.1. The highest BCUT2D eigenvalue weighted by Gasteiger charge is 2.36. The average molecular weight is 411 g/mol. The summed E-state index contributed by atoms with van der Waals surface area (Å²) in [5.41, 5.74) is 1.04. The van der Waals surface area contributed by atoms with E-state index in [1.165, 1.54) is 13.8 Å². The zero-order valence-electron chi connectivity index (χ0n) is 15.3. The van der Waals surface area contributed by atoms with Gasteiger partial charge in [-0.3, -0.25) is 9.48 Å². The van der Waals surface area contributed by atoms with E-state index in [0.717, 1.165) is 16.5 Å². The molecule has 0 atom stereocenters. The number of ether oxygens (including phenoxy) is 1. The Bertz CT molecular complexity index is 1010. The van der Waals surface area contributed by atoms with Crippen LogP contribution in [0, 0.1) is 5.41 Å². The van der Waals surface area contributed by atoms with Crippen molar-refractivity contribution in [2.75, 3.05) is 6.61 Å². The van der Waals surface area contributed by atoms with Gasteiger partial charge in [0.2, 0.25) is 0 Å². The zero-order valence-corrected chi connectivity index (χ0v) is 16.0. The molecule has 0 N–H and O–H groups in total. The van der Waals surface area contributed by atoms with Crippen LogP contribution in [0.15, 0.2) is 48.5 Å². The van der Waals surface area contributed by atoms with Crippen LogP contribution in [0.1, 0.15) is 13.8 Å². The molecule has 0 saturated heterocycles. The molecule has 28 heavy (non-hydrogen) atoms. The van der Waals surface area contributed by atoms with Gasteiger partial charge in [0, 0.05) is 16.0 Å². The van der Waals surface area contributed by atoms with E-state index >= 15 is 0 Å². The third-order valence-corrected chi connectivity index (χ3v) is 4.46. The summed E-state index contributed by atoms with van der Waals surface area (Å²) in [6.07, 6.45) is -4.57. The predicted molar refractivity (Wildman–Crippen MR) is 101 cm³/mol. The fourth-order valence-electron chi connectivity index (χ4n) is 2.88. The van der Waals surface area contributed by atoms with Crippen molar-refractivity contribution in [3.8, 4) is 11.3 Å². The first-order valence-corrected chi connectivity index (χ1v) is 8.90. The lowest BCUT2D eigenvalue weighted by molar-refractivity contribution is -0.193. The Morgan fingerprint density at radius 3 is 2.54 bits per heavy atom. The Morgan fingerprint density at radius 1 is 1.14 bits per heavy atom. The van der Waals surface area contributed by atoms with E-state index in [1.807, 2.05) is 36.4 Å². The van der Waals surface area contributed by atoms with Gasteiger partial charge in [0.05, 0.1) is 17.5 Å². The standard InChI is InChI=1S/C20H18ClF3N2O2/c1-19(2,18(27)28-12-20(22,23)24)11-26-16-9-4-3-8-15(16)17(25-26)13-6-5-7-14(21)10-13/h3-10H,11-12H2,1-2H3. The molecule has 148 valence electrons. The largest absolute Gasteiger partial charge is 0.456 e. The molecule has 1 heterocycles. The minimum atomic E-state index is -4.57. The maximum Gasteiger partial charge on any atom is 0.422 e. The van der Waals surface area contributed by atoms with Crippen LogP contribution in [-0.2, 0) is 16.1 Å². The Hall–Kier alpha value is -2.54. The summed E-state index contributed by atoms with van der Waals surface area (Å²) in [6.45, 7) is 1.51. The summed E-state index contributed by atoms with van der Waals surface area (Å²) >= 11 is 6.08. The molecular weight excluding hydrogens is 393 g/mol. The minimum absolute atomic E-state index is 0.0603. The van der Waals surface area contributed by atoms with Gasteiger partial charge in [-0.05, 0) is 32.0 Å². The van der Waals surface area contributed by atoms with Gasteiger partial charge in [-0.15, -0.1) is 0 Å². The molecule has 1 aromatic heterocycles. The number of aromatic nitrogens is 2. The van der Waals surface area contributed by atoms with Gasteiger partial charge in [-0.2, -0.15) is 18.3 Å². The molecule has 0 aliphatic heterocycles. The monoisotopic (exact) mass is 410 g/mol. The first-order valence-electron chi connectivity index (χ1n) is 8.52. The van der Waals surface area contributed by atoms with E-state index in [-0.39, 0.29) is 6.54 Å². The molecule has 8 heteroatoms. The fourth-order valence-corrected chi connectivity index (χ4v) is 3.07. The lowest BCUT2D eigenvalue weighted by atomic mass is 9.94. The van der Waals surface area contributed by atoms with Gasteiger partial charge in [0.25, 0.3) is 0 Å². The van der Waals surface area contributed by atoms with Gasteiger partial charge in [0.1, 0.15) is 5.69 Å². The number of hydrogen-bond acceptors (Lipinski definition) is 3. The molecule has 0 aliphatic rings. The number of alkyl halides is 3. The summed E-state index contributed by atoms with van der Waals surface area (Å²) < 4.78 is 43.1. The number of nitrogens with zero attached hydrogens (tertiary/aromatic N) is 2. The number of carbonyl (C=O) groups excluding carboxylic acids is 1. The molecule has 0 bridgehead atoms. The smallest absolute Gasteiger partial charge is 0.422 e. The van der Waals surface area contributed by atoms with E-state index in [9.17, 15) is 18.0 Å². The maximum absolute atomic E-state index is 12.4. The maximum atomic E-state index is 12.4. The van der Waals surface area contributed by atoms with Crippen LogP contribution in [-0.4, -0.2) is 28.5 Å². The Labute approximate surface area is 164 Å². The van der Waals surface area contributed by atoms with Crippen molar-refractivity contribution < 1.29 is 22.7 Å². The number of benzene rings is 2. The topological polar surface area (TPSA) is 44.1 Å².